The van der Waals surface area contributed by atoms with Crippen LogP contribution in [-0.2, 0) is 16.0 Å². The van der Waals surface area contributed by atoms with Crippen LogP contribution in [0.4, 0.5) is 0 Å². The molecule has 2 aliphatic heterocycles. The van der Waals surface area contributed by atoms with Crippen molar-refractivity contribution in [3.8, 4) is 0 Å². The molecule has 0 bridgehead atoms. The van der Waals surface area contributed by atoms with E-state index in [0.29, 0.717) is 26.3 Å². The molecule has 1 spiro atoms. The van der Waals surface area contributed by atoms with Gasteiger partial charge in [0, 0.05) is 42.2 Å². The Hall–Kier alpha value is -1.63. The number of aryl methyl sites for hydroxylation is 1. The van der Waals surface area contributed by atoms with Crippen LogP contribution < -0.4 is 0 Å². The number of hydrogen-bond acceptors (Lipinski definition) is 4. The molecule has 25 heavy (non-hydrogen) atoms. The molecule has 6 heteroatoms. The highest BCUT2D eigenvalue weighted by Crippen LogP contribution is 2.32. The Morgan fingerprint density at radius 3 is 2.60 bits per heavy atom. The van der Waals surface area contributed by atoms with Gasteiger partial charge in [0.05, 0.1) is 25.3 Å². The third-order valence-electron chi connectivity index (χ3n) is 5.32. The Kier molecular flexibility index (Phi) is 4.43. The summed E-state index contributed by atoms with van der Waals surface area (Å²) in [7, 11) is 0. The molecular weight excluding hydrogens is 336 g/mol. The molecule has 0 aliphatic carbocycles. The van der Waals surface area contributed by atoms with Crippen LogP contribution in [0.3, 0.4) is 0 Å². The summed E-state index contributed by atoms with van der Waals surface area (Å²) in [5, 5.41) is 2.09. The van der Waals surface area contributed by atoms with E-state index in [1.807, 2.05) is 17.9 Å². The average Bonchev–Trinajstić information content (AvgIpc) is 3.34. The lowest BCUT2D eigenvalue weighted by atomic mass is 10.0. The van der Waals surface area contributed by atoms with E-state index in [4.69, 9.17) is 9.47 Å². The molecule has 0 atom stereocenters. The normalized spacial score (nSPS) is 19.7. The van der Waals surface area contributed by atoms with Crippen molar-refractivity contribution in [1.29, 1.82) is 0 Å². The van der Waals surface area contributed by atoms with Crippen molar-refractivity contribution in [2.75, 3.05) is 26.3 Å². The van der Waals surface area contributed by atoms with E-state index in [1.165, 1.54) is 4.88 Å². The molecule has 2 saturated heterocycles. The standard InChI is InChI=1S/C19H24N2O3S/c1-14-12-17(15(2)21(14)13-16-4-3-11-25-16)18(22)20-7-5-19(6-8-20)23-9-10-24-19/h3-4,11-12H,5-10,13H2,1-2H3. The number of nitrogens with zero attached hydrogens (tertiary/aromatic N) is 2. The number of hydrogen-bond donors (Lipinski definition) is 0. The van der Waals surface area contributed by atoms with Gasteiger partial charge in [-0.3, -0.25) is 4.79 Å². The zero-order chi connectivity index (χ0) is 17.4. The summed E-state index contributed by atoms with van der Waals surface area (Å²) < 4.78 is 13.7. The summed E-state index contributed by atoms with van der Waals surface area (Å²) in [5.41, 5.74) is 2.99. The molecule has 2 aliphatic rings. The third-order valence-corrected chi connectivity index (χ3v) is 6.19. The fourth-order valence-electron chi connectivity index (χ4n) is 3.83. The van der Waals surface area contributed by atoms with Crippen molar-refractivity contribution in [3.63, 3.8) is 0 Å². The summed E-state index contributed by atoms with van der Waals surface area (Å²) in [6.45, 7) is 7.65. The molecule has 2 fully saturated rings. The lowest BCUT2D eigenvalue weighted by Crippen LogP contribution is -2.47. The zero-order valence-electron chi connectivity index (χ0n) is 14.8. The Morgan fingerprint density at radius 1 is 1.24 bits per heavy atom. The largest absolute Gasteiger partial charge is 0.347 e. The number of ether oxygens (including phenoxy) is 2. The predicted molar refractivity (Wildman–Crippen MR) is 97.1 cm³/mol. The van der Waals surface area contributed by atoms with Crippen LogP contribution in [0.15, 0.2) is 23.6 Å². The van der Waals surface area contributed by atoms with E-state index in [-0.39, 0.29) is 5.91 Å². The van der Waals surface area contributed by atoms with Gasteiger partial charge in [0.15, 0.2) is 5.79 Å². The highest BCUT2D eigenvalue weighted by Gasteiger charge is 2.41. The molecular formula is C19H24N2O3S. The van der Waals surface area contributed by atoms with E-state index < -0.39 is 5.79 Å². The molecule has 2 aromatic heterocycles. The van der Waals surface area contributed by atoms with E-state index in [1.54, 1.807) is 11.3 Å². The second-order valence-corrected chi connectivity index (χ2v) is 7.88. The second-order valence-electron chi connectivity index (χ2n) is 6.85. The highest BCUT2D eigenvalue weighted by atomic mass is 32.1. The molecule has 0 unspecified atom stereocenters. The number of amides is 1. The minimum atomic E-state index is -0.438. The van der Waals surface area contributed by atoms with Gasteiger partial charge in [0.25, 0.3) is 5.91 Å². The Morgan fingerprint density at radius 2 is 1.96 bits per heavy atom. The number of aromatic nitrogens is 1. The summed E-state index contributed by atoms with van der Waals surface area (Å²) >= 11 is 1.75. The van der Waals surface area contributed by atoms with Crippen LogP contribution in [0.25, 0.3) is 0 Å². The van der Waals surface area contributed by atoms with E-state index in [9.17, 15) is 4.79 Å². The van der Waals surface area contributed by atoms with Gasteiger partial charge in [0.2, 0.25) is 0 Å². The molecule has 0 saturated carbocycles. The maximum Gasteiger partial charge on any atom is 0.255 e. The first kappa shape index (κ1) is 16.8. The number of likely N-dealkylation sites (tertiary alicyclic amines) is 1. The van der Waals surface area contributed by atoms with Crippen LogP contribution in [0.1, 0.15) is 39.5 Å². The van der Waals surface area contributed by atoms with Gasteiger partial charge in [0.1, 0.15) is 0 Å². The van der Waals surface area contributed by atoms with Crippen LogP contribution in [0.5, 0.6) is 0 Å². The minimum absolute atomic E-state index is 0.123. The first-order valence-corrected chi connectivity index (χ1v) is 9.72. The lowest BCUT2D eigenvalue weighted by Gasteiger charge is -2.37. The summed E-state index contributed by atoms with van der Waals surface area (Å²) in [5.74, 6) is -0.314. The van der Waals surface area contributed by atoms with E-state index in [2.05, 4.69) is 29.0 Å². The monoisotopic (exact) mass is 360 g/mol. The van der Waals surface area contributed by atoms with Crippen molar-refractivity contribution >= 4 is 17.2 Å². The predicted octanol–water partition coefficient (Wildman–Crippen LogP) is 3.19. The van der Waals surface area contributed by atoms with Gasteiger partial charge in [-0.1, -0.05) is 6.07 Å². The number of piperidine rings is 1. The average molecular weight is 360 g/mol. The first-order valence-electron chi connectivity index (χ1n) is 8.84. The number of carbonyl (C=O) groups excluding carboxylic acids is 1. The molecule has 0 aromatic carbocycles. The fourth-order valence-corrected chi connectivity index (χ4v) is 4.52. The van der Waals surface area contributed by atoms with Crippen LogP contribution >= 0.6 is 11.3 Å². The second kappa shape index (κ2) is 6.59. The Balaban J connectivity index is 1.49. The van der Waals surface area contributed by atoms with Crippen molar-refractivity contribution in [2.45, 2.75) is 39.0 Å². The van der Waals surface area contributed by atoms with E-state index >= 15 is 0 Å². The van der Waals surface area contributed by atoms with Gasteiger partial charge >= 0.3 is 0 Å². The highest BCUT2D eigenvalue weighted by molar-refractivity contribution is 7.09. The van der Waals surface area contributed by atoms with Crippen molar-refractivity contribution in [2.24, 2.45) is 0 Å². The maximum absolute atomic E-state index is 13.0. The van der Waals surface area contributed by atoms with Crippen molar-refractivity contribution < 1.29 is 14.3 Å². The molecule has 0 radical (unpaired) electrons. The Bertz CT molecular complexity index is 750. The van der Waals surface area contributed by atoms with Crippen LogP contribution in [0, 0.1) is 13.8 Å². The topological polar surface area (TPSA) is 43.7 Å². The number of carbonyl (C=O) groups is 1. The first-order chi connectivity index (χ1) is 12.1. The van der Waals surface area contributed by atoms with Crippen LogP contribution in [-0.4, -0.2) is 47.5 Å². The molecule has 2 aromatic rings. The zero-order valence-corrected chi connectivity index (χ0v) is 15.6. The summed E-state index contributed by atoms with van der Waals surface area (Å²) in [4.78, 5) is 16.3. The van der Waals surface area contributed by atoms with Crippen LogP contribution in [0.2, 0.25) is 0 Å². The van der Waals surface area contributed by atoms with Crippen molar-refractivity contribution in [1.82, 2.24) is 9.47 Å². The third kappa shape index (κ3) is 3.14. The van der Waals surface area contributed by atoms with Gasteiger partial charge in [-0.2, -0.15) is 0 Å². The van der Waals surface area contributed by atoms with Gasteiger partial charge in [-0.25, -0.2) is 0 Å². The van der Waals surface area contributed by atoms with Gasteiger partial charge in [-0.05, 0) is 31.4 Å². The summed E-state index contributed by atoms with van der Waals surface area (Å²) in [6, 6.07) is 6.23. The minimum Gasteiger partial charge on any atom is -0.347 e. The Labute approximate surface area is 152 Å². The quantitative estimate of drug-likeness (QED) is 0.844. The number of rotatable bonds is 3. The number of thiophene rings is 1. The molecule has 4 rings (SSSR count). The summed E-state index contributed by atoms with van der Waals surface area (Å²) in [6.07, 6.45) is 1.51. The molecule has 0 N–H and O–H groups in total. The smallest absolute Gasteiger partial charge is 0.255 e. The van der Waals surface area contributed by atoms with Gasteiger partial charge < -0.3 is 18.9 Å². The fraction of sp³-hybridized carbons (Fsp3) is 0.526. The maximum atomic E-state index is 13.0. The molecule has 4 heterocycles. The van der Waals surface area contributed by atoms with E-state index in [0.717, 1.165) is 36.3 Å². The molecule has 1 amide bonds. The SMILES string of the molecule is Cc1cc(C(=O)N2CCC3(CC2)OCCO3)c(C)n1Cc1cccs1. The lowest BCUT2D eigenvalue weighted by molar-refractivity contribution is -0.181. The molecule has 5 nitrogen and oxygen atoms in total. The van der Waals surface area contributed by atoms with Gasteiger partial charge in [-0.15, -0.1) is 11.3 Å². The van der Waals surface area contributed by atoms with Crippen molar-refractivity contribution in [3.05, 3.63) is 45.4 Å². The molecule has 134 valence electrons.